The van der Waals surface area contributed by atoms with Crippen molar-refractivity contribution in [2.75, 3.05) is 0 Å². The lowest BCUT2D eigenvalue weighted by molar-refractivity contribution is 0.473. The van der Waals surface area contributed by atoms with Crippen molar-refractivity contribution in [2.24, 2.45) is 10.9 Å². The lowest BCUT2D eigenvalue weighted by Gasteiger charge is -2.19. The highest BCUT2D eigenvalue weighted by Gasteiger charge is 2.17. The van der Waals surface area contributed by atoms with Crippen LogP contribution in [0.2, 0.25) is 0 Å². The van der Waals surface area contributed by atoms with Crippen LogP contribution in [0.5, 0.6) is 5.75 Å². The molecule has 0 atom stereocenters. The first-order valence-electron chi connectivity index (χ1n) is 15.2. The Labute approximate surface area is 264 Å². The zero-order valence-electron chi connectivity index (χ0n) is 26.0. The van der Waals surface area contributed by atoms with E-state index in [1.807, 2.05) is 30.3 Å². The SMILES string of the molecule is CC(C)Cc1cccc(-c2cc(-c3ccccc3)c3nc(-c4ccccc4N=Cc4cc(C(C)(C)C)ccc4O)sc3c2)c1. The number of para-hydroxylation sites is 1. The number of rotatable bonds is 7. The van der Waals surface area contributed by atoms with Crippen LogP contribution < -0.4 is 0 Å². The normalized spacial score (nSPS) is 12.0. The molecule has 220 valence electrons. The molecule has 0 aliphatic carbocycles. The molecule has 0 unspecified atom stereocenters. The van der Waals surface area contributed by atoms with Crippen LogP contribution in [0.3, 0.4) is 0 Å². The largest absolute Gasteiger partial charge is 0.507 e. The van der Waals surface area contributed by atoms with Crippen molar-refractivity contribution in [1.82, 2.24) is 4.98 Å². The molecule has 0 spiro atoms. The molecule has 0 aliphatic heterocycles. The van der Waals surface area contributed by atoms with Crippen molar-refractivity contribution in [3.63, 3.8) is 0 Å². The first-order valence-corrected chi connectivity index (χ1v) is 16.0. The van der Waals surface area contributed by atoms with Gasteiger partial charge in [-0.3, -0.25) is 4.99 Å². The smallest absolute Gasteiger partial charge is 0.126 e. The van der Waals surface area contributed by atoms with Gasteiger partial charge in [-0.15, -0.1) is 11.3 Å². The summed E-state index contributed by atoms with van der Waals surface area (Å²) in [6, 6.07) is 37.9. The highest BCUT2D eigenvalue weighted by molar-refractivity contribution is 7.21. The Bertz CT molecular complexity index is 1960. The minimum Gasteiger partial charge on any atom is -0.507 e. The predicted octanol–water partition coefficient (Wildman–Crippen LogP) is 11.2. The summed E-state index contributed by atoms with van der Waals surface area (Å²) < 4.78 is 1.14. The number of phenols is 1. The van der Waals surface area contributed by atoms with Gasteiger partial charge >= 0.3 is 0 Å². The molecule has 1 heterocycles. The number of thiazole rings is 1. The first kappa shape index (κ1) is 29.5. The Morgan fingerprint density at radius 2 is 1.52 bits per heavy atom. The van der Waals surface area contributed by atoms with Gasteiger partial charge in [-0.2, -0.15) is 0 Å². The molecule has 6 rings (SSSR count). The number of aromatic nitrogens is 1. The van der Waals surface area contributed by atoms with Gasteiger partial charge in [-0.25, -0.2) is 4.98 Å². The van der Waals surface area contributed by atoms with Gasteiger partial charge in [0.15, 0.2) is 0 Å². The van der Waals surface area contributed by atoms with E-state index in [2.05, 4.69) is 107 Å². The van der Waals surface area contributed by atoms with Gasteiger partial charge < -0.3 is 5.11 Å². The topological polar surface area (TPSA) is 45.5 Å². The van der Waals surface area contributed by atoms with Gasteiger partial charge in [0, 0.05) is 22.9 Å². The molecular formula is C40H38N2OS. The van der Waals surface area contributed by atoms with Crippen molar-refractivity contribution in [2.45, 2.75) is 46.5 Å². The molecular weight excluding hydrogens is 557 g/mol. The van der Waals surface area contributed by atoms with Crippen LogP contribution in [-0.2, 0) is 11.8 Å². The van der Waals surface area contributed by atoms with Crippen LogP contribution in [0.1, 0.15) is 51.3 Å². The van der Waals surface area contributed by atoms with Gasteiger partial charge in [-0.05, 0) is 82.0 Å². The van der Waals surface area contributed by atoms with E-state index in [1.165, 1.54) is 16.7 Å². The third-order valence-electron chi connectivity index (χ3n) is 7.85. The molecule has 44 heavy (non-hydrogen) atoms. The average Bonchev–Trinajstić information content (AvgIpc) is 3.44. The number of fused-ring (bicyclic) bond motifs is 1. The quantitative estimate of drug-likeness (QED) is 0.187. The van der Waals surface area contributed by atoms with Crippen LogP contribution in [-0.4, -0.2) is 16.3 Å². The highest BCUT2D eigenvalue weighted by atomic mass is 32.1. The molecule has 0 amide bonds. The molecule has 0 radical (unpaired) electrons. The highest BCUT2D eigenvalue weighted by Crippen LogP contribution is 2.41. The van der Waals surface area contributed by atoms with Crippen molar-refractivity contribution in [3.05, 3.63) is 126 Å². The molecule has 0 saturated heterocycles. The third kappa shape index (κ3) is 6.36. The minimum atomic E-state index is -0.0275. The number of benzene rings is 5. The van der Waals surface area contributed by atoms with Gasteiger partial charge in [0.25, 0.3) is 0 Å². The minimum absolute atomic E-state index is 0.0275. The summed E-state index contributed by atoms with van der Waals surface area (Å²) >= 11 is 1.69. The summed E-state index contributed by atoms with van der Waals surface area (Å²) in [6.07, 6.45) is 2.82. The summed E-state index contributed by atoms with van der Waals surface area (Å²) in [5, 5.41) is 11.5. The maximum Gasteiger partial charge on any atom is 0.126 e. The van der Waals surface area contributed by atoms with Gasteiger partial charge in [0.2, 0.25) is 0 Å². The second-order valence-corrected chi connectivity index (χ2v) is 13.9. The molecule has 1 aromatic heterocycles. The van der Waals surface area contributed by atoms with E-state index < -0.39 is 0 Å². The summed E-state index contributed by atoms with van der Waals surface area (Å²) in [5.41, 5.74) is 10.6. The first-order chi connectivity index (χ1) is 21.2. The molecule has 1 N–H and O–H groups in total. The van der Waals surface area contributed by atoms with Crippen molar-refractivity contribution in [3.8, 4) is 38.6 Å². The fraction of sp³-hybridized carbons (Fsp3) is 0.200. The summed E-state index contributed by atoms with van der Waals surface area (Å²) in [5.74, 6) is 0.822. The number of hydrogen-bond donors (Lipinski definition) is 1. The van der Waals surface area contributed by atoms with E-state index in [0.29, 0.717) is 11.5 Å². The Hall–Kier alpha value is -4.54. The van der Waals surface area contributed by atoms with Crippen LogP contribution >= 0.6 is 11.3 Å². The zero-order valence-corrected chi connectivity index (χ0v) is 26.8. The molecule has 4 heteroatoms. The Kier molecular flexibility index (Phi) is 8.20. The number of nitrogens with zero attached hydrogens (tertiary/aromatic N) is 2. The molecule has 5 aromatic carbocycles. The van der Waals surface area contributed by atoms with E-state index in [9.17, 15) is 5.11 Å². The third-order valence-corrected chi connectivity index (χ3v) is 8.89. The van der Waals surface area contributed by atoms with Crippen LogP contribution in [0, 0.1) is 5.92 Å². The summed E-state index contributed by atoms with van der Waals surface area (Å²) in [4.78, 5) is 10.1. The molecule has 0 fully saturated rings. The summed E-state index contributed by atoms with van der Waals surface area (Å²) in [6.45, 7) is 11.0. The van der Waals surface area contributed by atoms with Gasteiger partial charge in [0.05, 0.1) is 15.9 Å². The van der Waals surface area contributed by atoms with E-state index >= 15 is 0 Å². The van der Waals surface area contributed by atoms with E-state index in [0.717, 1.165) is 49.6 Å². The molecule has 6 aromatic rings. The monoisotopic (exact) mass is 594 g/mol. The maximum atomic E-state index is 10.6. The average molecular weight is 595 g/mol. The Morgan fingerprint density at radius 1 is 0.773 bits per heavy atom. The predicted molar refractivity (Wildman–Crippen MR) is 189 cm³/mol. The molecule has 0 bridgehead atoms. The Balaban J connectivity index is 1.46. The number of phenolic OH excluding ortho intramolecular Hbond substituents is 1. The van der Waals surface area contributed by atoms with Crippen LogP contribution in [0.25, 0.3) is 43.0 Å². The second kappa shape index (κ2) is 12.2. The Morgan fingerprint density at radius 3 is 2.30 bits per heavy atom. The van der Waals surface area contributed by atoms with E-state index in [4.69, 9.17) is 9.98 Å². The number of hydrogen-bond acceptors (Lipinski definition) is 4. The lowest BCUT2D eigenvalue weighted by Crippen LogP contribution is -2.11. The lowest BCUT2D eigenvalue weighted by atomic mass is 9.86. The second-order valence-electron chi connectivity index (χ2n) is 12.9. The van der Waals surface area contributed by atoms with Crippen LogP contribution in [0.15, 0.2) is 114 Å². The van der Waals surface area contributed by atoms with E-state index in [1.54, 1.807) is 23.6 Å². The molecule has 3 nitrogen and oxygen atoms in total. The molecule has 0 aliphatic rings. The van der Waals surface area contributed by atoms with Gasteiger partial charge in [0.1, 0.15) is 10.8 Å². The standard InChI is InChI=1S/C40H38N2OS/c1-26(2)20-27-12-11-15-29(21-27)30-23-34(28-13-7-6-8-14-28)38-37(24-30)44-39(42-38)33-16-9-10-17-35(33)41-25-31-22-32(40(3,4)5)18-19-36(31)43/h6-19,21-26,43H,20H2,1-5H3. The fourth-order valence-corrected chi connectivity index (χ4v) is 6.59. The number of aliphatic imine (C=N–C) groups is 1. The fourth-order valence-electron chi connectivity index (χ4n) is 5.53. The summed E-state index contributed by atoms with van der Waals surface area (Å²) in [7, 11) is 0. The molecule has 0 saturated carbocycles. The van der Waals surface area contributed by atoms with E-state index in [-0.39, 0.29) is 11.2 Å². The number of aromatic hydroxyl groups is 1. The zero-order chi connectivity index (χ0) is 30.8. The maximum absolute atomic E-state index is 10.6. The van der Waals surface area contributed by atoms with Crippen molar-refractivity contribution < 1.29 is 5.11 Å². The van der Waals surface area contributed by atoms with Crippen molar-refractivity contribution in [1.29, 1.82) is 0 Å². The van der Waals surface area contributed by atoms with Gasteiger partial charge in [-0.1, -0.05) is 107 Å². The van der Waals surface area contributed by atoms with Crippen LogP contribution in [0.4, 0.5) is 5.69 Å². The van der Waals surface area contributed by atoms with Crippen molar-refractivity contribution >= 4 is 33.5 Å².